The molecular weight excluding hydrogens is 293 g/mol. The van der Waals surface area contributed by atoms with Crippen LogP contribution < -0.4 is 29.6 Å². The second-order valence-corrected chi connectivity index (χ2v) is 8.17. The number of hydrogen-bond donors (Lipinski definition) is 0. The van der Waals surface area contributed by atoms with Crippen LogP contribution in [0.4, 0.5) is 0 Å². The van der Waals surface area contributed by atoms with Crippen molar-refractivity contribution in [3.05, 3.63) is 0 Å². The zero-order chi connectivity index (χ0) is 13.5. The third-order valence-electron chi connectivity index (χ3n) is 2.96. The summed E-state index contributed by atoms with van der Waals surface area (Å²) in [7, 11) is -5.19. The minimum absolute atomic E-state index is 0. The minimum atomic E-state index is -4.40. The van der Waals surface area contributed by atoms with E-state index in [-0.39, 0.29) is 29.6 Å². The zero-order valence-electron chi connectivity index (χ0n) is 10.7. The fourth-order valence-corrected chi connectivity index (χ4v) is 4.35. The van der Waals surface area contributed by atoms with Crippen molar-refractivity contribution >= 4 is 20.2 Å². The standard InChI is InChI=1S/C8H17NO6S2.Na/c1-9(2)3-7(5-16(10,11)12)8(4-9)6-17(13,14)15;/h7-8H,3-6H2,1-2H3,(H-,10,11,12,13,14,15);/q;+1/p-1. The Kier molecular flexibility index (Phi) is 6.31. The van der Waals surface area contributed by atoms with Crippen LogP contribution in [0.25, 0.3) is 0 Å². The van der Waals surface area contributed by atoms with E-state index in [9.17, 15) is 25.9 Å². The molecule has 1 rings (SSSR count). The van der Waals surface area contributed by atoms with Crippen molar-refractivity contribution in [2.24, 2.45) is 11.8 Å². The summed E-state index contributed by atoms with van der Waals surface area (Å²) >= 11 is 0. The van der Waals surface area contributed by atoms with Crippen LogP contribution in [0.1, 0.15) is 0 Å². The summed E-state index contributed by atoms with van der Waals surface area (Å²) in [6.45, 7) is 0.781. The Morgan fingerprint density at radius 1 is 0.944 bits per heavy atom. The fourth-order valence-electron chi connectivity index (χ4n) is 2.54. The van der Waals surface area contributed by atoms with Crippen molar-refractivity contribution in [2.45, 2.75) is 0 Å². The summed E-state index contributed by atoms with van der Waals surface area (Å²) in [5.74, 6) is -2.32. The molecule has 2 atom stereocenters. The summed E-state index contributed by atoms with van der Waals surface area (Å²) in [5.41, 5.74) is 0. The largest absolute Gasteiger partial charge is 1.00 e. The van der Waals surface area contributed by atoms with Gasteiger partial charge in [0.2, 0.25) is 0 Å². The predicted molar refractivity (Wildman–Crippen MR) is 58.0 cm³/mol. The molecule has 1 aliphatic heterocycles. The summed E-state index contributed by atoms with van der Waals surface area (Å²) < 4.78 is 64.7. The average Bonchev–Trinajstić information content (AvgIpc) is 2.17. The molecule has 18 heavy (non-hydrogen) atoms. The molecule has 0 radical (unpaired) electrons. The molecule has 0 aromatic rings. The van der Waals surface area contributed by atoms with Crippen LogP contribution in [-0.2, 0) is 20.2 Å². The van der Waals surface area contributed by atoms with E-state index in [2.05, 4.69) is 0 Å². The number of likely N-dealkylation sites (tertiary alicyclic amines) is 1. The van der Waals surface area contributed by atoms with Gasteiger partial charge in [0.15, 0.2) is 0 Å². The monoisotopic (exact) mass is 309 g/mol. The van der Waals surface area contributed by atoms with Gasteiger partial charge in [-0.25, -0.2) is 16.8 Å². The van der Waals surface area contributed by atoms with E-state index < -0.39 is 43.6 Å². The third-order valence-corrected chi connectivity index (χ3v) is 4.63. The van der Waals surface area contributed by atoms with Gasteiger partial charge in [0, 0.05) is 23.3 Å². The molecule has 2 unspecified atom stereocenters. The number of quaternary nitrogens is 1. The molecule has 1 aliphatic rings. The van der Waals surface area contributed by atoms with Crippen LogP contribution in [0.5, 0.6) is 0 Å². The summed E-state index contributed by atoms with van der Waals surface area (Å²) in [5, 5.41) is 0. The molecule has 0 amide bonds. The Bertz CT molecular complexity index is 442. The molecule has 0 spiro atoms. The fraction of sp³-hybridized carbons (Fsp3) is 1.00. The van der Waals surface area contributed by atoms with Crippen LogP contribution in [0.3, 0.4) is 0 Å². The average molecular weight is 309 g/mol. The Balaban J connectivity index is 0.00000289. The second kappa shape index (κ2) is 6.04. The predicted octanol–water partition coefficient (Wildman–Crippen LogP) is -4.60. The molecule has 0 N–H and O–H groups in total. The molecule has 0 aliphatic carbocycles. The number of hydrogen-bond acceptors (Lipinski definition) is 6. The van der Waals surface area contributed by atoms with Gasteiger partial charge in [-0.1, -0.05) is 0 Å². The quantitative estimate of drug-likeness (QED) is 0.293. The van der Waals surface area contributed by atoms with E-state index in [1.807, 2.05) is 14.1 Å². The molecular formula is C8H16NNaO6S2. The molecule has 1 heterocycles. The van der Waals surface area contributed by atoms with Crippen LogP contribution in [0, 0.1) is 11.8 Å². The van der Waals surface area contributed by atoms with Crippen molar-refractivity contribution in [3.8, 4) is 0 Å². The first-order chi connectivity index (χ1) is 7.38. The van der Waals surface area contributed by atoms with Crippen LogP contribution in [0.2, 0.25) is 0 Å². The summed E-state index contributed by atoms with van der Waals surface area (Å²) in [4.78, 5) is 0. The van der Waals surface area contributed by atoms with Gasteiger partial charge in [0.05, 0.1) is 47.4 Å². The smallest absolute Gasteiger partial charge is 0.748 e. The molecule has 10 heteroatoms. The molecule has 1 saturated heterocycles. The van der Waals surface area contributed by atoms with Crippen molar-refractivity contribution in [2.75, 3.05) is 38.7 Å². The van der Waals surface area contributed by atoms with Gasteiger partial charge in [-0.05, 0) is 0 Å². The van der Waals surface area contributed by atoms with Crippen molar-refractivity contribution in [1.29, 1.82) is 0 Å². The number of nitrogens with zero attached hydrogens (tertiary/aromatic N) is 1. The van der Waals surface area contributed by atoms with Crippen molar-refractivity contribution < 1.29 is 60.0 Å². The molecule has 0 aromatic carbocycles. The molecule has 0 saturated carbocycles. The summed E-state index contributed by atoms with van der Waals surface area (Å²) in [6.07, 6.45) is 0. The van der Waals surface area contributed by atoms with Gasteiger partial charge in [-0.2, -0.15) is 0 Å². The van der Waals surface area contributed by atoms with Gasteiger partial charge in [-0.3, -0.25) is 0 Å². The summed E-state index contributed by atoms with van der Waals surface area (Å²) in [6, 6.07) is 0. The minimum Gasteiger partial charge on any atom is -0.748 e. The number of rotatable bonds is 4. The van der Waals surface area contributed by atoms with E-state index in [0.29, 0.717) is 17.6 Å². The Hall–Kier alpha value is 0.780. The van der Waals surface area contributed by atoms with E-state index in [4.69, 9.17) is 0 Å². The van der Waals surface area contributed by atoms with Gasteiger partial charge >= 0.3 is 29.6 Å². The van der Waals surface area contributed by atoms with Crippen LogP contribution in [0.15, 0.2) is 0 Å². The van der Waals surface area contributed by atoms with E-state index in [0.717, 1.165) is 0 Å². The first kappa shape index (κ1) is 18.8. The van der Waals surface area contributed by atoms with Crippen LogP contribution >= 0.6 is 0 Å². The maximum Gasteiger partial charge on any atom is 1.00 e. The Morgan fingerprint density at radius 2 is 1.22 bits per heavy atom. The molecule has 0 bridgehead atoms. The van der Waals surface area contributed by atoms with Crippen molar-refractivity contribution in [1.82, 2.24) is 0 Å². The van der Waals surface area contributed by atoms with E-state index >= 15 is 0 Å². The van der Waals surface area contributed by atoms with Gasteiger partial charge < -0.3 is 13.6 Å². The third kappa shape index (κ3) is 6.80. The normalized spacial score (nSPS) is 27.8. The van der Waals surface area contributed by atoms with E-state index in [1.165, 1.54) is 0 Å². The SMILES string of the molecule is C[N+]1(C)CC(CS(=O)(=O)[O-])C(CS(=O)(=O)[O-])C1.[Na+]. The molecule has 102 valence electrons. The maximum atomic E-state index is 10.7. The van der Waals surface area contributed by atoms with Gasteiger partial charge in [-0.15, -0.1) is 0 Å². The van der Waals surface area contributed by atoms with E-state index in [1.54, 1.807) is 0 Å². The first-order valence-corrected chi connectivity index (χ1v) is 8.23. The maximum absolute atomic E-state index is 10.7. The Morgan fingerprint density at radius 3 is 1.44 bits per heavy atom. The van der Waals surface area contributed by atoms with Crippen molar-refractivity contribution in [3.63, 3.8) is 0 Å². The Labute approximate surface area is 130 Å². The van der Waals surface area contributed by atoms with Gasteiger partial charge in [0.1, 0.15) is 0 Å². The van der Waals surface area contributed by atoms with Gasteiger partial charge in [0.25, 0.3) is 0 Å². The second-order valence-electron chi connectivity index (χ2n) is 5.27. The first-order valence-electron chi connectivity index (χ1n) is 5.07. The molecule has 0 aromatic heterocycles. The molecule has 7 nitrogen and oxygen atoms in total. The molecule has 1 fully saturated rings. The van der Waals surface area contributed by atoms with Crippen LogP contribution in [-0.4, -0.2) is 69.1 Å². The zero-order valence-corrected chi connectivity index (χ0v) is 14.3. The topological polar surface area (TPSA) is 114 Å².